The van der Waals surface area contributed by atoms with Crippen LogP contribution in [0, 0.1) is 0 Å². The Kier molecular flexibility index (Phi) is 4.60. The smallest absolute Gasteiger partial charge is 0.233 e. The average molecular weight is 237 g/mol. The quantitative estimate of drug-likeness (QED) is 0.665. The summed E-state index contributed by atoms with van der Waals surface area (Å²) in [5.74, 6) is -0.483. The molecule has 2 unspecified atom stereocenters. The van der Waals surface area contributed by atoms with Gasteiger partial charge in [0, 0.05) is 13.0 Å². The van der Waals surface area contributed by atoms with Crippen LogP contribution in [0.5, 0.6) is 0 Å². The van der Waals surface area contributed by atoms with Crippen molar-refractivity contribution in [1.29, 1.82) is 0 Å². The number of carbonyl (C=O) groups excluding carboxylic acids is 1. The highest BCUT2D eigenvalue weighted by Gasteiger charge is 2.37. The lowest BCUT2D eigenvalue weighted by molar-refractivity contribution is -0.805. The number of aliphatic imine (C=N–C) groups is 1. The van der Waals surface area contributed by atoms with Crippen LogP contribution < -0.4 is 10.8 Å². The lowest BCUT2D eigenvalue weighted by Gasteiger charge is -2.35. The van der Waals surface area contributed by atoms with Crippen molar-refractivity contribution in [3.8, 4) is 0 Å². The number of aliphatic carboxylic acids is 1. The van der Waals surface area contributed by atoms with Crippen LogP contribution in [-0.2, 0) is 4.79 Å². The Balaban J connectivity index is 2.93. The van der Waals surface area contributed by atoms with Crippen molar-refractivity contribution < 1.29 is 14.4 Å². The molecule has 0 aromatic rings. The number of amidine groups is 1. The minimum absolute atomic E-state index is 0.0164. The highest BCUT2D eigenvalue weighted by molar-refractivity contribution is 5.90. The van der Waals surface area contributed by atoms with Crippen LogP contribution in [0.1, 0.15) is 26.7 Å². The summed E-state index contributed by atoms with van der Waals surface area (Å²) in [6.07, 6.45) is 8.71. The third-order valence-corrected chi connectivity index (χ3v) is 2.81. The fourth-order valence-corrected chi connectivity index (χ4v) is 1.79. The summed E-state index contributed by atoms with van der Waals surface area (Å²) >= 11 is 0. The molecule has 0 bridgehead atoms. The Hall–Kier alpha value is -1.46. The molecule has 2 atom stereocenters. The van der Waals surface area contributed by atoms with Gasteiger partial charge >= 0.3 is 0 Å². The van der Waals surface area contributed by atoms with Gasteiger partial charge in [-0.2, -0.15) is 4.99 Å². The van der Waals surface area contributed by atoms with E-state index in [9.17, 15) is 9.90 Å². The molecule has 0 radical (unpaired) electrons. The van der Waals surface area contributed by atoms with E-state index < -0.39 is 5.97 Å². The summed E-state index contributed by atoms with van der Waals surface area (Å²) in [6.45, 7) is 3.65. The van der Waals surface area contributed by atoms with Crippen molar-refractivity contribution in [2.75, 3.05) is 6.54 Å². The van der Waals surface area contributed by atoms with E-state index in [1.165, 1.54) is 0 Å². The largest absolute Gasteiger partial charge is 0.544 e. The summed E-state index contributed by atoms with van der Waals surface area (Å²) in [4.78, 5) is 15.0. The predicted octanol–water partition coefficient (Wildman–Crippen LogP) is 0.0974. The zero-order valence-corrected chi connectivity index (χ0v) is 10.3. The Morgan fingerprint density at radius 2 is 2.41 bits per heavy atom. The number of unbranched alkanes of at least 4 members (excludes halogenated alkanes) is 1. The van der Waals surface area contributed by atoms with Gasteiger partial charge in [0.25, 0.3) is 0 Å². The Morgan fingerprint density at radius 3 is 2.94 bits per heavy atom. The monoisotopic (exact) mass is 237 g/mol. The standard InChI is InChI=1S/C12H19N3O2/c1-3-4-5-6-11-14-7-8-15(11,10(2)13)9-12(16)17/h5-8,10H,3-4,9,13H2,1-2H3/b6-5+. The highest BCUT2D eigenvalue weighted by Crippen LogP contribution is 2.20. The van der Waals surface area contributed by atoms with Crippen molar-refractivity contribution in [3.05, 3.63) is 24.6 Å². The molecule has 1 heterocycles. The maximum atomic E-state index is 10.8. The van der Waals surface area contributed by atoms with Crippen LogP contribution in [0.15, 0.2) is 29.5 Å². The molecule has 2 N–H and O–H groups in total. The topological polar surface area (TPSA) is 78.5 Å². The number of nitrogens with zero attached hydrogens (tertiary/aromatic N) is 2. The van der Waals surface area contributed by atoms with Gasteiger partial charge in [-0.1, -0.05) is 19.4 Å². The van der Waals surface area contributed by atoms with Gasteiger partial charge in [0.2, 0.25) is 5.84 Å². The zero-order valence-electron chi connectivity index (χ0n) is 10.3. The number of carbonyl (C=O) groups is 1. The molecule has 0 saturated carbocycles. The van der Waals surface area contributed by atoms with E-state index in [1.807, 2.05) is 12.2 Å². The summed E-state index contributed by atoms with van der Waals surface area (Å²) < 4.78 is 0.0164. The molecule has 0 saturated heterocycles. The van der Waals surface area contributed by atoms with E-state index >= 15 is 0 Å². The van der Waals surface area contributed by atoms with E-state index in [0.717, 1.165) is 12.8 Å². The second kappa shape index (κ2) is 5.75. The van der Waals surface area contributed by atoms with Crippen molar-refractivity contribution >= 4 is 11.8 Å². The molecule has 94 valence electrons. The molecular weight excluding hydrogens is 218 g/mol. The number of hydrogen-bond acceptors (Lipinski definition) is 4. The highest BCUT2D eigenvalue weighted by atomic mass is 16.4. The second-order valence-electron chi connectivity index (χ2n) is 4.18. The predicted molar refractivity (Wildman–Crippen MR) is 64.4 cm³/mol. The average Bonchev–Trinajstić information content (AvgIpc) is 2.62. The van der Waals surface area contributed by atoms with Crippen molar-refractivity contribution in [2.45, 2.75) is 32.9 Å². The summed E-state index contributed by atoms with van der Waals surface area (Å²) in [5, 5.41) is 10.8. The Bertz CT molecular complexity index is 372. The maximum absolute atomic E-state index is 10.8. The van der Waals surface area contributed by atoms with Gasteiger partial charge in [-0.15, -0.1) is 0 Å². The normalized spacial score (nSPS) is 25.2. The lowest BCUT2D eigenvalue weighted by Crippen LogP contribution is -2.60. The number of hydrogen-bond donors (Lipinski definition) is 1. The number of allylic oxidation sites excluding steroid dienone is 1. The molecule has 0 amide bonds. The first-order chi connectivity index (χ1) is 8.03. The molecule has 5 nitrogen and oxygen atoms in total. The number of carboxylic acid groups (broad SMARTS) is 1. The van der Waals surface area contributed by atoms with Crippen LogP contribution >= 0.6 is 0 Å². The number of rotatable bonds is 6. The molecule has 0 aromatic carbocycles. The van der Waals surface area contributed by atoms with Crippen molar-refractivity contribution in [2.24, 2.45) is 10.7 Å². The lowest BCUT2D eigenvalue weighted by atomic mass is 10.2. The zero-order chi connectivity index (χ0) is 12.9. The third kappa shape index (κ3) is 3.01. The summed E-state index contributed by atoms with van der Waals surface area (Å²) in [5.41, 5.74) is 5.89. The van der Waals surface area contributed by atoms with Gasteiger partial charge < -0.3 is 9.90 Å². The molecule has 0 fully saturated rings. The molecular formula is C12H19N3O2. The van der Waals surface area contributed by atoms with E-state index in [2.05, 4.69) is 11.9 Å². The van der Waals surface area contributed by atoms with Gasteiger partial charge in [-0.05, 0) is 6.42 Å². The molecule has 0 aliphatic carbocycles. The first-order valence-electron chi connectivity index (χ1n) is 5.78. The van der Waals surface area contributed by atoms with E-state index in [4.69, 9.17) is 5.73 Å². The fraction of sp³-hybridized carbons (Fsp3) is 0.500. The van der Waals surface area contributed by atoms with Gasteiger partial charge in [-0.25, -0.2) is 4.48 Å². The van der Waals surface area contributed by atoms with Crippen LogP contribution in [0.25, 0.3) is 0 Å². The number of quaternary nitrogens is 1. The molecule has 1 aliphatic heterocycles. The van der Waals surface area contributed by atoms with Crippen LogP contribution in [0.3, 0.4) is 0 Å². The fourth-order valence-electron chi connectivity index (χ4n) is 1.79. The van der Waals surface area contributed by atoms with E-state index in [1.54, 1.807) is 19.3 Å². The van der Waals surface area contributed by atoms with Crippen LogP contribution in [0.2, 0.25) is 0 Å². The molecule has 0 spiro atoms. The van der Waals surface area contributed by atoms with Crippen molar-refractivity contribution in [3.63, 3.8) is 0 Å². The SMILES string of the molecule is CCC/C=C/C1=NC=C[N+]1(CC(=O)[O-])C(C)N. The minimum atomic E-state index is -1.13. The third-order valence-electron chi connectivity index (χ3n) is 2.81. The first kappa shape index (κ1) is 13.6. The Morgan fingerprint density at radius 1 is 1.71 bits per heavy atom. The number of carboxylic acids is 1. The minimum Gasteiger partial charge on any atom is -0.544 e. The van der Waals surface area contributed by atoms with Crippen LogP contribution in [-0.4, -0.2) is 29.0 Å². The molecule has 17 heavy (non-hydrogen) atoms. The second-order valence-corrected chi connectivity index (χ2v) is 4.18. The maximum Gasteiger partial charge on any atom is 0.233 e. The molecule has 5 heteroatoms. The van der Waals surface area contributed by atoms with Crippen molar-refractivity contribution in [1.82, 2.24) is 0 Å². The van der Waals surface area contributed by atoms with E-state index in [-0.39, 0.29) is 17.2 Å². The van der Waals surface area contributed by atoms with Gasteiger partial charge in [0.05, 0.1) is 12.2 Å². The molecule has 1 rings (SSSR count). The van der Waals surface area contributed by atoms with Gasteiger partial charge in [-0.3, -0.25) is 5.73 Å². The van der Waals surface area contributed by atoms with E-state index in [0.29, 0.717) is 5.84 Å². The summed E-state index contributed by atoms with van der Waals surface area (Å²) in [6, 6.07) is 0. The summed E-state index contributed by atoms with van der Waals surface area (Å²) in [7, 11) is 0. The van der Waals surface area contributed by atoms with Gasteiger partial charge in [0.1, 0.15) is 18.9 Å². The Labute approximate surface area is 102 Å². The molecule has 1 aliphatic rings. The van der Waals surface area contributed by atoms with Crippen LogP contribution in [0.4, 0.5) is 0 Å². The molecule has 0 aromatic heterocycles. The van der Waals surface area contributed by atoms with Gasteiger partial charge in [0.15, 0.2) is 0 Å². The first-order valence-corrected chi connectivity index (χ1v) is 5.78. The number of nitrogens with two attached hydrogens (primary N) is 1.